The number of H-pyrrole nitrogens is 1. The molecule has 0 amide bonds. The van der Waals surface area contributed by atoms with Crippen LogP contribution in [-0.4, -0.2) is 42.3 Å². The number of aryl methyl sites for hydroxylation is 1. The van der Waals surface area contributed by atoms with Crippen LogP contribution in [0.5, 0.6) is 0 Å². The minimum atomic E-state index is -0.141. The summed E-state index contributed by atoms with van der Waals surface area (Å²) in [6.45, 7) is 4.87. The fraction of sp³-hybridized carbons (Fsp3) is 0.600. The van der Waals surface area contributed by atoms with Crippen LogP contribution >= 0.6 is 0 Å². The Kier molecular flexibility index (Phi) is 3.53. The second kappa shape index (κ2) is 5.09. The third-order valence-electron chi connectivity index (χ3n) is 2.38. The lowest BCUT2D eigenvalue weighted by Gasteiger charge is -2.23. The van der Waals surface area contributed by atoms with Crippen LogP contribution in [0, 0.1) is 6.92 Å². The van der Waals surface area contributed by atoms with Gasteiger partial charge in [-0.1, -0.05) is 0 Å². The fourth-order valence-electron chi connectivity index (χ4n) is 1.64. The molecule has 0 aliphatic carbocycles. The number of aromatic amines is 1. The van der Waals surface area contributed by atoms with E-state index in [-0.39, 0.29) is 11.7 Å². The van der Waals surface area contributed by atoms with Crippen LogP contribution in [0.1, 0.15) is 5.82 Å². The zero-order chi connectivity index (χ0) is 11.4. The quantitative estimate of drug-likeness (QED) is 0.644. The van der Waals surface area contributed by atoms with Gasteiger partial charge in [0.25, 0.3) is 5.56 Å². The van der Waals surface area contributed by atoms with Crippen molar-refractivity contribution in [2.75, 3.05) is 31.6 Å². The van der Waals surface area contributed by atoms with Crippen LogP contribution in [0.2, 0.25) is 0 Å². The van der Waals surface area contributed by atoms with Crippen LogP contribution in [0.4, 0.5) is 5.82 Å². The summed E-state index contributed by atoms with van der Waals surface area (Å²) < 4.78 is 5.52. The Bertz CT molecular complexity index is 398. The third kappa shape index (κ3) is 3.04. The Labute approximate surface area is 93.4 Å². The molecule has 16 heavy (non-hydrogen) atoms. The lowest BCUT2D eigenvalue weighted by atomic mass is 10.3. The molecule has 1 aromatic heterocycles. The first-order valence-electron chi connectivity index (χ1n) is 5.38. The van der Waals surface area contributed by atoms with Crippen LogP contribution in [0.25, 0.3) is 0 Å². The highest BCUT2D eigenvalue weighted by Gasteiger charge is 2.12. The summed E-state index contributed by atoms with van der Waals surface area (Å²) >= 11 is 0. The number of ether oxygens (including phenoxy) is 1. The Balaban J connectivity index is 1.90. The molecular weight excluding hydrogens is 208 g/mol. The van der Waals surface area contributed by atoms with E-state index in [0.717, 1.165) is 19.7 Å². The molecule has 3 N–H and O–H groups in total. The Morgan fingerprint density at radius 2 is 2.56 bits per heavy atom. The second-order valence-electron chi connectivity index (χ2n) is 3.79. The van der Waals surface area contributed by atoms with Crippen molar-refractivity contribution < 1.29 is 4.74 Å². The number of hydrogen-bond acceptors (Lipinski definition) is 5. The van der Waals surface area contributed by atoms with E-state index in [1.54, 1.807) is 6.92 Å². The Morgan fingerprint density at radius 1 is 1.69 bits per heavy atom. The lowest BCUT2D eigenvalue weighted by molar-refractivity contribution is 0.0372. The number of rotatable bonds is 3. The van der Waals surface area contributed by atoms with E-state index in [4.69, 9.17) is 4.74 Å². The monoisotopic (exact) mass is 224 g/mol. The molecule has 1 aromatic rings. The Hall–Kier alpha value is -1.40. The van der Waals surface area contributed by atoms with Crippen LogP contribution in [0.3, 0.4) is 0 Å². The summed E-state index contributed by atoms with van der Waals surface area (Å²) in [5.41, 5.74) is -0.141. The zero-order valence-corrected chi connectivity index (χ0v) is 9.25. The molecule has 88 valence electrons. The minimum absolute atomic E-state index is 0.134. The minimum Gasteiger partial charge on any atom is -0.374 e. The van der Waals surface area contributed by atoms with Crippen molar-refractivity contribution >= 4 is 5.82 Å². The maximum atomic E-state index is 11.2. The number of anilines is 1. The molecular formula is C10H16N4O2. The molecule has 1 saturated heterocycles. The molecule has 6 heteroatoms. The highest BCUT2D eigenvalue weighted by molar-refractivity contribution is 5.32. The fourth-order valence-corrected chi connectivity index (χ4v) is 1.64. The molecule has 2 rings (SSSR count). The van der Waals surface area contributed by atoms with Gasteiger partial charge in [0.1, 0.15) is 11.6 Å². The first-order valence-corrected chi connectivity index (χ1v) is 5.38. The summed E-state index contributed by atoms with van der Waals surface area (Å²) in [4.78, 5) is 18.0. The zero-order valence-electron chi connectivity index (χ0n) is 9.25. The molecule has 0 spiro atoms. The van der Waals surface area contributed by atoms with Gasteiger partial charge in [0.15, 0.2) is 0 Å². The van der Waals surface area contributed by atoms with E-state index in [1.807, 2.05) is 0 Å². The van der Waals surface area contributed by atoms with E-state index in [9.17, 15) is 4.79 Å². The molecule has 1 fully saturated rings. The summed E-state index contributed by atoms with van der Waals surface area (Å²) in [5.74, 6) is 1.20. The van der Waals surface area contributed by atoms with E-state index in [2.05, 4.69) is 20.6 Å². The number of morpholine rings is 1. The molecule has 0 bridgehead atoms. The first kappa shape index (κ1) is 11.1. The van der Waals surface area contributed by atoms with Crippen molar-refractivity contribution in [2.24, 2.45) is 0 Å². The SMILES string of the molecule is Cc1nc(NCC2CNCCO2)cc(=O)[nH]1. The van der Waals surface area contributed by atoms with E-state index in [1.165, 1.54) is 6.07 Å². The maximum absolute atomic E-state index is 11.2. The van der Waals surface area contributed by atoms with Crippen molar-refractivity contribution in [1.29, 1.82) is 0 Å². The second-order valence-corrected chi connectivity index (χ2v) is 3.79. The van der Waals surface area contributed by atoms with Gasteiger partial charge in [0.2, 0.25) is 0 Å². The average molecular weight is 224 g/mol. The van der Waals surface area contributed by atoms with Gasteiger partial charge < -0.3 is 20.4 Å². The number of aromatic nitrogens is 2. The molecule has 2 heterocycles. The smallest absolute Gasteiger partial charge is 0.252 e. The van der Waals surface area contributed by atoms with Gasteiger partial charge in [-0.15, -0.1) is 0 Å². The van der Waals surface area contributed by atoms with Crippen molar-refractivity contribution in [3.8, 4) is 0 Å². The van der Waals surface area contributed by atoms with Crippen molar-refractivity contribution in [1.82, 2.24) is 15.3 Å². The topological polar surface area (TPSA) is 79.0 Å². The molecule has 1 aliphatic rings. The predicted molar refractivity (Wildman–Crippen MR) is 60.7 cm³/mol. The van der Waals surface area contributed by atoms with E-state index >= 15 is 0 Å². The van der Waals surface area contributed by atoms with Gasteiger partial charge in [-0.2, -0.15) is 0 Å². The van der Waals surface area contributed by atoms with Gasteiger partial charge in [-0.25, -0.2) is 4.98 Å². The highest BCUT2D eigenvalue weighted by atomic mass is 16.5. The number of nitrogens with zero attached hydrogens (tertiary/aromatic N) is 1. The number of hydrogen-bond donors (Lipinski definition) is 3. The summed E-state index contributed by atoms with van der Waals surface area (Å²) in [6, 6.07) is 1.45. The van der Waals surface area contributed by atoms with Gasteiger partial charge in [-0.05, 0) is 6.92 Å². The predicted octanol–water partition coefficient (Wildman–Crippen LogP) is -0.521. The largest absolute Gasteiger partial charge is 0.374 e. The van der Waals surface area contributed by atoms with Crippen LogP contribution in [0.15, 0.2) is 10.9 Å². The summed E-state index contributed by atoms with van der Waals surface area (Å²) in [6.07, 6.45) is 0.134. The van der Waals surface area contributed by atoms with Gasteiger partial charge in [-0.3, -0.25) is 4.79 Å². The van der Waals surface area contributed by atoms with Crippen molar-refractivity contribution in [2.45, 2.75) is 13.0 Å². The van der Waals surface area contributed by atoms with Gasteiger partial charge in [0, 0.05) is 25.7 Å². The summed E-state index contributed by atoms with van der Waals surface area (Å²) in [7, 11) is 0. The molecule has 1 unspecified atom stereocenters. The molecule has 6 nitrogen and oxygen atoms in total. The van der Waals surface area contributed by atoms with Gasteiger partial charge >= 0.3 is 0 Å². The third-order valence-corrected chi connectivity index (χ3v) is 2.38. The lowest BCUT2D eigenvalue weighted by Crippen LogP contribution is -2.42. The first-order chi connectivity index (χ1) is 7.74. The maximum Gasteiger partial charge on any atom is 0.252 e. The van der Waals surface area contributed by atoms with Crippen LogP contribution in [-0.2, 0) is 4.74 Å². The van der Waals surface area contributed by atoms with E-state index < -0.39 is 0 Å². The van der Waals surface area contributed by atoms with Gasteiger partial charge in [0.05, 0.1) is 12.7 Å². The van der Waals surface area contributed by atoms with Crippen molar-refractivity contribution in [3.63, 3.8) is 0 Å². The number of nitrogens with one attached hydrogen (secondary N) is 3. The molecule has 0 saturated carbocycles. The van der Waals surface area contributed by atoms with Crippen molar-refractivity contribution in [3.05, 3.63) is 22.2 Å². The molecule has 0 aromatic carbocycles. The normalized spacial score (nSPS) is 20.7. The summed E-state index contributed by atoms with van der Waals surface area (Å²) in [5, 5.41) is 6.34. The van der Waals surface area contributed by atoms with Crippen LogP contribution < -0.4 is 16.2 Å². The van der Waals surface area contributed by atoms with E-state index in [0.29, 0.717) is 18.2 Å². The molecule has 1 atom stereocenters. The molecule has 1 aliphatic heterocycles. The molecule has 0 radical (unpaired) electrons. The highest BCUT2D eigenvalue weighted by Crippen LogP contribution is 2.01. The Morgan fingerprint density at radius 3 is 3.25 bits per heavy atom. The standard InChI is InChI=1S/C10H16N4O2/c1-7-13-9(4-10(15)14-7)12-6-8-5-11-2-3-16-8/h4,8,11H,2-3,5-6H2,1H3,(H2,12,13,14,15). The average Bonchev–Trinajstić information content (AvgIpc) is 2.27.